The molecule has 0 saturated carbocycles. The van der Waals surface area contributed by atoms with Crippen LogP contribution in [-0.4, -0.2) is 6.04 Å². The van der Waals surface area contributed by atoms with Crippen LogP contribution in [0.4, 0.5) is 4.39 Å². The molecule has 1 aromatic rings. The zero-order valence-corrected chi connectivity index (χ0v) is 9.97. The third-order valence-electron chi connectivity index (χ3n) is 2.43. The van der Waals surface area contributed by atoms with E-state index in [2.05, 4.69) is 33.0 Å². The molecule has 84 valence electrons. The van der Waals surface area contributed by atoms with Crippen molar-refractivity contribution in [2.45, 2.75) is 46.2 Å². The lowest BCUT2D eigenvalue weighted by Crippen LogP contribution is -2.22. The second kappa shape index (κ2) is 5.26. The summed E-state index contributed by atoms with van der Waals surface area (Å²) in [5, 5.41) is 3.32. The van der Waals surface area contributed by atoms with Gasteiger partial charge < -0.3 is 5.32 Å². The van der Waals surface area contributed by atoms with Gasteiger partial charge in [0, 0.05) is 12.6 Å². The van der Waals surface area contributed by atoms with Gasteiger partial charge in [0.2, 0.25) is 0 Å². The fourth-order valence-corrected chi connectivity index (χ4v) is 1.60. The fourth-order valence-electron chi connectivity index (χ4n) is 1.60. The number of halogens is 1. The molecule has 0 saturated heterocycles. The van der Waals surface area contributed by atoms with E-state index in [-0.39, 0.29) is 5.82 Å². The van der Waals surface area contributed by atoms with Crippen molar-refractivity contribution in [3.8, 4) is 0 Å². The third-order valence-corrected chi connectivity index (χ3v) is 2.43. The molecule has 0 fully saturated rings. The minimum absolute atomic E-state index is 0.153. The quantitative estimate of drug-likeness (QED) is 0.801. The van der Waals surface area contributed by atoms with Gasteiger partial charge in [0.15, 0.2) is 0 Å². The van der Waals surface area contributed by atoms with Crippen molar-refractivity contribution in [3.05, 3.63) is 35.1 Å². The van der Waals surface area contributed by atoms with Crippen LogP contribution in [0.25, 0.3) is 0 Å². The van der Waals surface area contributed by atoms with Crippen LogP contribution in [0.1, 0.15) is 44.7 Å². The number of nitrogens with one attached hydrogen (secondary N) is 1. The molecule has 2 heteroatoms. The highest BCUT2D eigenvalue weighted by molar-refractivity contribution is 5.30. The molecule has 15 heavy (non-hydrogen) atoms. The summed E-state index contributed by atoms with van der Waals surface area (Å²) < 4.78 is 13.1. The van der Waals surface area contributed by atoms with E-state index in [0.717, 1.165) is 12.1 Å². The number of benzene rings is 1. The maximum absolute atomic E-state index is 13.1. The number of hydrogen-bond acceptors (Lipinski definition) is 1. The standard InChI is InChI=1S/C13H20FN/c1-9(2)13-6-5-12(14)7-11(13)8-15-10(3)4/h5-7,9-10,15H,8H2,1-4H3. The Kier molecular flexibility index (Phi) is 4.28. The second-order valence-electron chi connectivity index (χ2n) is 4.53. The summed E-state index contributed by atoms with van der Waals surface area (Å²) in [7, 11) is 0. The van der Waals surface area contributed by atoms with Crippen molar-refractivity contribution >= 4 is 0 Å². The van der Waals surface area contributed by atoms with Crippen molar-refractivity contribution in [1.82, 2.24) is 5.32 Å². The second-order valence-corrected chi connectivity index (χ2v) is 4.53. The van der Waals surface area contributed by atoms with E-state index in [4.69, 9.17) is 0 Å². The Balaban J connectivity index is 2.87. The molecule has 0 aliphatic rings. The minimum Gasteiger partial charge on any atom is -0.310 e. The van der Waals surface area contributed by atoms with Gasteiger partial charge in [-0.25, -0.2) is 4.39 Å². The zero-order valence-electron chi connectivity index (χ0n) is 9.97. The molecule has 0 unspecified atom stereocenters. The molecule has 0 aromatic heterocycles. The highest BCUT2D eigenvalue weighted by atomic mass is 19.1. The smallest absolute Gasteiger partial charge is 0.123 e. The molecule has 1 aromatic carbocycles. The molecule has 0 heterocycles. The topological polar surface area (TPSA) is 12.0 Å². The summed E-state index contributed by atoms with van der Waals surface area (Å²) in [4.78, 5) is 0. The van der Waals surface area contributed by atoms with Gasteiger partial charge in [-0.3, -0.25) is 0 Å². The highest BCUT2D eigenvalue weighted by Crippen LogP contribution is 2.20. The fraction of sp³-hybridized carbons (Fsp3) is 0.538. The average Bonchev–Trinajstić information content (AvgIpc) is 2.14. The first-order valence-electron chi connectivity index (χ1n) is 5.52. The van der Waals surface area contributed by atoms with E-state index < -0.39 is 0 Å². The summed E-state index contributed by atoms with van der Waals surface area (Å²) in [6.45, 7) is 9.18. The Bertz CT molecular complexity index is 318. The summed E-state index contributed by atoms with van der Waals surface area (Å²) in [5.74, 6) is 0.287. The van der Waals surface area contributed by atoms with Crippen LogP contribution in [0.2, 0.25) is 0 Å². The summed E-state index contributed by atoms with van der Waals surface area (Å²) in [6, 6.07) is 5.48. The van der Waals surface area contributed by atoms with Crippen molar-refractivity contribution in [2.24, 2.45) is 0 Å². The predicted molar refractivity (Wildman–Crippen MR) is 62.5 cm³/mol. The van der Waals surface area contributed by atoms with Crippen molar-refractivity contribution < 1.29 is 4.39 Å². The molecule has 0 aliphatic heterocycles. The Morgan fingerprint density at radius 2 is 1.87 bits per heavy atom. The van der Waals surface area contributed by atoms with Gasteiger partial charge in [0.05, 0.1) is 0 Å². The molecule has 0 radical (unpaired) electrons. The van der Waals surface area contributed by atoms with Gasteiger partial charge in [0.25, 0.3) is 0 Å². The normalized spacial score (nSPS) is 11.4. The SMILES string of the molecule is CC(C)NCc1cc(F)ccc1C(C)C. The monoisotopic (exact) mass is 209 g/mol. The lowest BCUT2D eigenvalue weighted by molar-refractivity contribution is 0.576. The van der Waals surface area contributed by atoms with Crippen LogP contribution in [0.3, 0.4) is 0 Å². The Morgan fingerprint density at radius 3 is 2.40 bits per heavy atom. The van der Waals surface area contributed by atoms with E-state index in [1.165, 1.54) is 11.6 Å². The Morgan fingerprint density at radius 1 is 1.20 bits per heavy atom. The van der Waals surface area contributed by atoms with Crippen LogP contribution >= 0.6 is 0 Å². The predicted octanol–water partition coefficient (Wildman–Crippen LogP) is 3.45. The van der Waals surface area contributed by atoms with Gasteiger partial charge in [-0.1, -0.05) is 33.8 Å². The van der Waals surface area contributed by atoms with Crippen molar-refractivity contribution in [1.29, 1.82) is 0 Å². The Labute approximate surface area is 91.7 Å². The van der Waals surface area contributed by atoms with Crippen LogP contribution in [0.5, 0.6) is 0 Å². The molecule has 1 rings (SSSR count). The van der Waals surface area contributed by atoms with Gasteiger partial charge in [0.1, 0.15) is 5.82 Å². The van der Waals surface area contributed by atoms with Crippen LogP contribution in [0, 0.1) is 5.82 Å². The molecule has 0 aliphatic carbocycles. The molecule has 0 bridgehead atoms. The van der Waals surface area contributed by atoms with E-state index >= 15 is 0 Å². The third kappa shape index (κ3) is 3.63. The van der Waals surface area contributed by atoms with Gasteiger partial charge >= 0.3 is 0 Å². The van der Waals surface area contributed by atoms with Crippen LogP contribution in [0.15, 0.2) is 18.2 Å². The van der Waals surface area contributed by atoms with E-state index in [1.807, 2.05) is 6.07 Å². The minimum atomic E-state index is -0.153. The maximum Gasteiger partial charge on any atom is 0.123 e. The molecule has 0 atom stereocenters. The molecule has 1 N–H and O–H groups in total. The summed E-state index contributed by atoms with van der Waals surface area (Å²) in [5.41, 5.74) is 2.29. The van der Waals surface area contributed by atoms with Crippen LogP contribution in [-0.2, 0) is 6.54 Å². The summed E-state index contributed by atoms with van der Waals surface area (Å²) >= 11 is 0. The average molecular weight is 209 g/mol. The number of rotatable bonds is 4. The van der Waals surface area contributed by atoms with E-state index in [9.17, 15) is 4.39 Å². The first-order valence-corrected chi connectivity index (χ1v) is 5.52. The molecule has 0 spiro atoms. The first-order chi connectivity index (χ1) is 7.00. The van der Waals surface area contributed by atoms with Crippen molar-refractivity contribution in [3.63, 3.8) is 0 Å². The highest BCUT2D eigenvalue weighted by Gasteiger charge is 2.07. The van der Waals surface area contributed by atoms with Crippen molar-refractivity contribution in [2.75, 3.05) is 0 Å². The van der Waals surface area contributed by atoms with Gasteiger partial charge in [-0.2, -0.15) is 0 Å². The maximum atomic E-state index is 13.1. The van der Waals surface area contributed by atoms with Crippen LogP contribution < -0.4 is 5.32 Å². The molecule has 1 nitrogen and oxygen atoms in total. The zero-order chi connectivity index (χ0) is 11.4. The lowest BCUT2D eigenvalue weighted by Gasteiger charge is -2.15. The van der Waals surface area contributed by atoms with Gasteiger partial charge in [-0.15, -0.1) is 0 Å². The largest absolute Gasteiger partial charge is 0.310 e. The van der Waals surface area contributed by atoms with E-state index in [0.29, 0.717) is 12.0 Å². The van der Waals surface area contributed by atoms with Gasteiger partial charge in [-0.05, 0) is 29.2 Å². The molecular formula is C13H20FN. The summed E-state index contributed by atoms with van der Waals surface area (Å²) in [6.07, 6.45) is 0. The van der Waals surface area contributed by atoms with E-state index in [1.54, 1.807) is 6.07 Å². The number of hydrogen-bond donors (Lipinski definition) is 1. The first kappa shape index (κ1) is 12.2. The molecule has 0 amide bonds. The Hall–Kier alpha value is -0.890. The lowest BCUT2D eigenvalue weighted by atomic mass is 9.97. The molecular weight excluding hydrogens is 189 g/mol.